The number of thiophene rings is 1. The fraction of sp³-hybridized carbons (Fsp3) is 0.455. The molecule has 0 bridgehead atoms. The lowest BCUT2D eigenvalue weighted by atomic mass is 9.95. The van der Waals surface area contributed by atoms with Crippen LogP contribution in [0.1, 0.15) is 53.5 Å². The summed E-state index contributed by atoms with van der Waals surface area (Å²) in [6.45, 7) is -0.0973. The van der Waals surface area contributed by atoms with Gasteiger partial charge in [0.2, 0.25) is 0 Å². The molecule has 7 nitrogen and oxygen atoms in total. The Bertz CT molecular complexity index is 1210. The highest BCUT2D eigenvalue weighted by molar-refractivity contribution is 7.84. The van der Waals surface area contributed by atoms with E-state index in [1.165, 1.54) is 11.1 Å². The lowest BCUT2D eigenvalue weighted by Gasteiger charge is -2.13. The summed E-state index contributed by atoms with van der Waals surface area (Å²) in [6.07, 6.45) is 5.36. The molecular weight excluding hydrogens is 434 g/mol. The molecule has 31 heavy (non-hydrogen) atoms. The zero-order valence-electron chi connectivity index (χ0n) is 17.0. The van der Waals surface area contributed by atoms with Crippen LogP contribution in [-0.2, 0) is 27.3 Å². The molecule has 0 radical (unpaired) electrons. The summed E-state index contributed by atoms with van der Waals surface area (Å²) in [6, 6.07) is 8.66. The fourth-order valence-electron chi connectivity index (χ4n) is 5.16. The molecule has 2 aromatic heterocycles. The van der Waals surface area contributed by atoms with Gasteiger partial charge < -0.3 is 5.11 Å². The predicted octanol–water partition coefficient (Wildman–Crippen LogP) is 3.04. The largest absolute Gasteiger partial charge is 0.393 e. The second kappa shape index (κ2) is 8.22. The quantitative estimate of drug-likeness (QED) is 0.585. The van der Waals surface area contributed by atoms with E-state index in [1.54, 1.807) is 17.7 Å². The summed E-state index contributed by atoms with van der Waals surface area (Å²) in [5, 5.41) is 17.5. The first-order chi connectivity index (χ1) is 14.9. The minimum absolute atomic E-state index is 0.0973. The van der Waals surface area contributed by atoms with Crippen LogP contribution in [-0.4, -0.2) is 36.2 Å². The average molecular weight is 460 g/mol. The topological polar surface area (TPSA) is 115 Å². The van der Waals surface area contributed by atoms with E-state index in [0.29, 0.717) is 18.8 Å². The maximum atomic E-state index is 11.1. The van der Waals surface area contributed by atoms with Gasteiger partial charge in [-0.05, 0) is 66.0 Å². The van der Waals surface area contributed by atoms with E-state index in [4.69, 9.17) is 9.32 Å². The Morgan fingerprint density at radius 2 is 2.03 bits per heavy atom. The van der Waals surface area contributed by atoms with Gasteiger partial charge in [-0.3, -0.25) is 4.18 Å². The Morgan fingerprint density at radius 1 is 1.19 bits per heavy atom. The number of hydrogen-bond donors (Lipinski definition) is 2. The van der Waals surface area contributed by atoms with Gasteiger partial charge in [-0.2, -0.15) is 8.42 Å². The number of aliphatic hydroxyl groups excluding tert-OH is 1. The van der Waals surface area contributed by atoms with E-state index in [0.717, 1.165) is 40.7 Å². The summed E-state index contributed by atoms with van der Waals surface area (Å²) in [5.41, 5.74) is 6.01. The van der Waals surface area contributed by atoms with Crippen molar-refractivity contribution in [3.8, 4) is 0 Å². The third-order valence-corrected chi connectivity index (χ3v) is 8.20. The van der Waals surface area contributed by atoms with Crippen molar-refractivity contribution >= 4 is 31.9 Å². The van der Waals surface area contributed by atoms with Crippen LogP contribution >= 0.6 is 11.3 Å². The van der Waals surface area contributed by atoms with Crippen LogP contribution in [0.3, 0.4) is 0 Å². The molecule has 3 N–H and O–H groups in total. The summed E-state index contributed by atoms with van der Waals surface area (Å²) in [5.74, 6) is 0.315. The highest BCUT2D eigenvalue weighted by Crippen LogP contribution is 2.44. The van der Waals surface area contributed by atoms with Crippen molar-refractivity contribution < 1.29 is 17.7 Å². The standard InChI is InChI=1S/C22H25N3O4S2/c23-31(27,28)29-10-16-7-15(9-20(16)26)18-11-30-22-19(24-12-25-21(18)22)8-14-6-5-13-3-1-2-4-17(13)14/h1-4,11-12,14-16,20,26H,5-10H2,(H2,23,27,28)/t14-,15+,16-,20-/m0/s1. The first kappa shape index (κ1) is 21.0. The molecule has 2 heterocycles. The molecule has 9 heteroatoms. The molecule has 1 saturated carbocycles. The Morgan fingerprint density at radius 3 is 2.87 bits per heavy atom. The number of fused-ring (bicyclic) bond motifs is 2. The minimum Gasteiger partial charge on any atom is -0.393 e. The highest BCUT2D eigenvalue weighted by atomic mass is 32.2. The molecule has 164 valence electrons. The van der Waals surface area contributed by atoms with Crippen molar-refractivity contribution in [2.75, 3.05) is 6.61 Å². The summed E-state index contributed by atoms with van der Waals surface area (Å²) in [7, 11) is -4.01. The predicted molar refractivity (Wildman–Crippen MR) is 119 cm³/mol. The second-order valence-corrected chi connectivity index (χ2v) is 10.7. The molecule has 0 unspecified atom stereocenters. The molecule has 4 atom stereocenters. The van der Waals surface area contributed by atoms with Crippen molar-refractivity contribution in [3.05, 3.63) is 58.4 Å². The Hall–Kier alpha value is -1.91. The third kappa shape index (κ3) is 4.25. The normalized spacial score (nSPS) is 25.9. The lowest BCUT2D eigenvalue weighted by Crippen LogP contribution is -2.24. The van der Waals surface area contributed by atoms with E-state index in [1.807, 2.05) is 0 Å². The molecule has 5 rings (SSSR count). The van der Waals surface area contributed by atoms with E-state index >= 15 is 0 Å². The second-order valence-electron chi connectivity index (χ2n) is 8.60. The van der Waals surface area contributed by atoms with Gasteiger partial charge in [0.05, 0.1) is 28.6 Å². The van der Waals surface area contributed by atoms with Gasteiger partial charge in [-0.1, -0.05) is 24.3 Å². The van der Waals surface area contributed by atoms with Gasteiger partial charge in [0.25, 0.3) is 0 Å². The van der Waals surface area contributed by atoms with Crippen molar-refractivity contribution in [3.63, 3.8) is 0 Å². The SMILES string of the molecule is NS(=O)(=O)OC[C@@H]1C[C@@H](c2csc3c(C[C@@H]4CCc5ccccc54)ncnc23)C[C@@H]1O. The van der Waals surface area contributed by atoms with Crippen molar-refractivity contribution in [1.29, 1.82) is 0 Å². The zero-order valence-corrected chi connectivity index (χ0v) is 18.6. The molecule has 2 aliphatic rings. The first-order valence-corrected chi connectivity index (χ1v) is 12.9. The first-order valence-electron chi connectivity index (χ1n) is 10.5. The molecule has 1 fully saturated rings. The van der Waals surface area contributed by atoms with Crippen molar-refractivity contribution in [2.24, 2.45) is 11.1 Å². The van der Waals surface area contributed by atoms with Gasteiger partial charge in [0.1, 0.15) is 6.33 Å². The van der Waals surface area contributed by atoms with Crippen LogP contribution < -0.4 is 5.14 Å². The van der Waals surface area contributed by atoms with Gasteiger partial charge in [-0.15, -0.1) is 11.3 Å². The Kier molecular flexibility index (Phi) is 5.56. The number of rotatable bonds is 6. The van der Waals surface area contributed by atoms with Crippen molar-refractivity contribution in [2.45, 2.75) is 50.0 Å². The van der Waals surface area contributed by atoms with Gasteiger partial charge in [-0.25, -0.2) is 15.1 Å². The lowest BCUT2D eigenvalue weighted by molar-refractivity contribution is 0.101. The fourth-order valence-corrected chi connectivity index (χ4v) is 6.63. The minimum atomic E-state index is -4.01. The van der Waals surface area contributed by atoms with Gasteiger partial charge in [0, 0.05) is 5.92 Å². The number of nitrogens with two attached hydrogens (primary N) is 1. The highest BCUT2D eigenvalue weighted by Gasteiger charge is 2.36. The monoisotopic (exact) mass is 459 g/mol. The zero-order chi connectivity index (χ0) is 21.6. The molecular formula is C22H25N3O4S2. The number of aliphatic hydroxyl groups is 1. The smallest absolute Gasteiger partial charge is 0.333 e. The third-order valence-electron chi connectivity index (χ3n) is 6.70. The molecule has 0 amide bonds. The molecule has 2 aliphatic carbocycles. The van der Waals surface area contributed by atoms with Crippen LogP contribution in [0.5, 0.6) is 0 Å². The van der Waals surface area contributed by atoms with Crippen LogP contribution in [0.15, 0.2) is 36.0 Å². The van der Waals surface area contributed by atoms with Crippen LogP contribution in [0.25, 0.3) is 10.2 Å². The van der Waals surface area contributed by atoms with Crippen LogP contribution in [0.4, 0.5) is 0 Å². The molecule has 0 saturated heterocycles. The Labute approximate surface area is 185 Å². The summed E-state index contributed by atoms with van der Waals surface area (Å²) < 4.78 is 28.0. The number of hydrogen-bond acceptors (Lipinski definition) is 7. The Balaban J connectivity index is 1.37. The number of aromatic nitrogens is 2. The van der Waals surface area contributed by atoms with E-state index in [9.17, 15) is 13.5 Å². The molecule has 0 spiro atoms. The number of aryl methyl sites for hydroxylation is 1. The molecule has 1 aromatic carbocycles. The summed E-state index contributed by atoms with van der Waals surface area (Å²) in [4.78, 5) is 9.19. The van der Waals surface area contributed by atoms with E-state index < -0.39 is 16.4 Å². The molecule has 3 aromatic rings. The van der Waals surface area contributed by atoms with E-state index in [-0.39, 0.29) is 18.4 Å². The molecule has 0 aliphatic heterocycles. The van der Waals surface area contributed by atoms with E-state index in [2.05, 4.69) is 39.6 Å². The van der Waals surface area contributed by atoms with Gasteiger partial charge >= 0.3 is 10.3 Å². The van der Waals surface area contributed by atoms with Crippen LogP contribution in [0, 0.1) is 5.92 Å². The van der Waals surface area contributed by atoms with Gasteiger partial charge in [0.15, 0.2) is 0 Å². The number of nitrogens with zero attached hydrogens (tertiary/aromatic N) is 2. The van der Waals surface area contributed by atoms with Crippen molar-refractivity contribution in [1.82, 2.24) is 9.97 Å². The maximum Gasteiger partial charge on any atom is 0.333 e. The average Bonchev–Trinajstić information content (AvgIpc) is 3.43. The number of benzene rings is 1. The summed E-state index contributed by atoms with van der Waals surface area (Å²) >= 11 is 1.66. The van der Waals surface area contributed by atoms with Crippen LogP contribution in [0.2, 0.25) is 0 Å². The maximum absolute atomic E-state index is 11.1.